The number of nitrogens with zero attached hydrogens (tertiary/aromatic N) is 1. The second-order valence-electron chi connectivity index (χ2n) is 4.57. The summed E-state index contributed by atoms with van der Waals surface area (Å²) >= 11 is 0. The van der Waals surface area contributed by atoms with Gasteiger partial charge in [0.25, 0.3) is 0 Å². The van der Waals surface area contributed by atoms with Crippen LogP contribution >= 0.6 is 0 Å². The van der Waals surface area contributed by atoms with Gasteiger partial charge in [0, 0.05) is 12.0 Å². The van der Waals surface area contributed by atoms with Gasteiger partial charge in [0.15, 0.2) is 0 Å². The summed E-state index contributed by atoms with van der Waals surface area (Å²) in [6.45, 7) is 0. The summed E-state index contributed by atoms with van der Waals surface area (Å²) < 4.78 is 0. The largest absolute Gasteiger partial charge is 0.397 e. The van der Waals surface area contributed by atoms with Crippen LogP contribution in [0.4, 0.5) is 11.5 Å². The van der Waals surface area contributed by atoms with Crippen LogP contribution in [0, 0.1) is 5.92 Å². The number of hydrogen-bond acceptors (Lipinski definition) is 4. The van der Waals surface area contributed by atoms with E-state index in [0.29, 0.717) is 11.7 Å². The molecule has 5 heteroatoms. The van der Waals surface area contributed by atoms with Crippen molar-refractivity contribution in [2.24, 2.45) is 11.7 Å². The molecule has 0 spiro atoms. The molecule has 92 valence electrons. The molecule has 0 aliphatic heterocycles. The normalized spacial score (nSPS) is 24.2. The van der Waals surface area contributed by atoms with Crippen molar-refractivity contribution in [1.29, 1.82) is 0 Å². The van der Waals surface area contributed by atoms with Gasteiger partial charge in [-0.1, -0.05) is 0 Å². The number of nitrogens with one attached hydrogen (secondary N) is 1. The molecule has 0 unspecified atom stereocenters. The van der Waals surface area contributed by atoms with E-state index < -0.39 is 0 Å². The lowest BCUT2D eigenvalue weighted by Gasteiger charge is -2.27. The van der Waals surface area contributed by atoms with Gasteiger partial charge in [0.2, 0.25) is 5.91 Å². The van der Waals surface area contributed by atoms with Crippen molar-refractivity contribution in [1.82, 2.24) is 4.98 Å². The molecule has 1 aliphatic rings. The number of nitrogens with two attached hydrogens (primary N) is 2. The van der Waals surface area contributed by atoms with E-state index in [1.54, 1.807) is 6.20 Å². The van der Waals surface area contributed by atoms with Gasteiger partial charge in [-0.05, 0) is 37.8 Å². The number of carbonyl (C=O) groups is 1. The summed E-state index contributed by atoms with van der Waals surface area (Å²) in [5.74, 6) is 0.711. The maximum atomic E-state index is 11.0. The standard InChI is InChI=1S/C12H18N4O/c13-9-3-6-11(15-7-9)16-10-4-1-8(2-5-10)12(14)17/h3,6-8,10H,1-2,4-5,13H2,(H2,14,17)(H,15,16). The molecule has 1 aromatic heterocycles. The van der Waals surface area contributed by atoms with Gasteiger partial charge < -0.3 is 16.8 Å². The highest BCUT2D eigenvalue weighted by atomic mass is 16.1. The summed E-state index contributed by atoms with van der Waals surface area (Å²) in [5, 5.41) is 3.35. The smallest absolute Gasteiger partial charge is 0.220 e. The fraction of sp³-hybridized carbons (Fsp3) is 0.500. The summed E-state index contributed by atoms with van der Waals surface area (Å²) in [5.41, 5.74) is 11.5. The monoisotopic (exact) mass is 234 g/mol. The SMILES string of the molecule is NC(=O)C1CCC(Nc2ccc(N)cn2)CC1. The molecule has 5 N–H and O–H groups in total. The predicted octanol–water partition coefficient (Wildman–Crippen LogP) is 1.12. The van der Waals surface area contributed by atoms with Crippen LogP contribution in [-0.4, -0.2) is 16.9 Å². The molecule has 1 aromatic rings. The van der Waals surface area contributed by atoms with E-state index in [1.807, 2.05) is 12.1 Å². The molecule has 0 saturated heterocycles. The van der Waals surface area contributed by atoms with Crippen LogP contribution in [-0.2, 0) is 4.79 Å². The highest BCUT2D eigenvalue weighted by Crippen LogP contribution is 2.25. The Morgan fingerprint density at radius 2 is 2.00 bits per heavy atom. The van der Waals surface area contributed by atoms with Gasteiger partial charge in [-0.2, -0.15) is 0 Å². The zero-order chi connectivity index (χ0) is 12.3. The fourth-order valence-corrected chi connectivity index (χ4v) is 2.22. The van der Waals surface area contributed by atoms with E-state index >= 15 is 0 Å². The van der Waals surface area contributed by atoms with E-state index in [0.717, 1.165) is 31.5 Å². The zero-order valence-electron chi connectivity index (χ0n) is 9.73. The number of pyridine rings is 1. The van der Waals surface area contributed by atoms with Crippen LogP contribution in [0.5, 0.6) is 0 Å². The second-order valence-corrected chi connectivity index (χ2v) is 4.57. The fourth-order valence-electron chi connectivity index (χ4n) is 2.22. The molecule has 1 amide bonds. The molecule has 1 heterocycles. The first kappa shape index (κ1) is 11.7. The average Bonchev–Trinajstić information content (AvgIpc) is 2.33. The highest BCUT2D eigenvalue weighted by Gasteiger charge is 2.24. The number of carbonyl (C=O) groups excluding carboxylic acids is 1. The molecule has 0 atom stereocenters. The number of nitrogen functional groups attached to an aromatic ring is 1. The van der Waals surface area contributed by atoms with Crippen molar-refractivity contribution in [2.45, 2.75) is 31.7 Å². The summed E-state index contributed by atoms with van der Waals surface area (Å²) in [6, 6.07) is 4.07. The van der Waals surface area contributed by atoms with Gasteiger partial charge in [-0.15, -0.1) is 0 Å². The van der Waals surface area contributed by atoms with Crippen molar-refractivity contribution in [3.05, 3.63) is 18.3 Å². The van der Waals surface area contributed by atoms with Gasteiger partial charge in [0.1, 0.15) is 5.82 Å². The molecule has 1 saturated carbocycles. The second kappa shape index (κ2) is 5.03. The van der Waals surface area contributed by atoms with E-state index in [9.17, 15) is 4.79 Å². The number of anilines is 2. The van der Waals surface area contributed by atoms with Crippen LogP contribution in [0.1, 0.15) is 25.7 Å². The molecule has 0 radical (unpaired) electrons. The van der Waals surface area contributed by atoms with E-state index in [-0.39, 0.29) is 11.8 Å². The van der Waals surface area contributed by atoms with E-state index in [1.165, 1.54) is 0 Å². The Labute approximate surface area is 101 Å². The Bertz CT molecular complexity index is 382. The van der Waals surface area contributed by atoms with Crippen LogP contribution in [0.25, 0.3) is 0 Å². The molecular weight excluding hydrogens is 216 g/mol. The van der Waals surface area contributed by atoms with Crippen LogP contribution in [0.3, 0.4) is 0 Å². The molecule has 2 rings (SSSR count). The summed E-state index contributed by atoms with van der Waals surface area (Å²) in [6.07, 6.45) is 5.28. The Morgan fingerprint density at radius 1 is 1.29 bits per heavy atom. The van der Waals surface area contributed by atoms with Gasteiger partial charge in [-0.3, -0.25) is 4.79 Å². The molecule has 0 bridgehead atoms. The molecule has 1 aliphatic carbocycles. The van der Waals surface area contributed by atoms with Crippen LogP contribution < -0.4 is 16.8 Å². The number of rotatable bonds is 3. The zero-order valence-corrected chi connectivity index (χ0v) is 9.73. The van der Waals surface area contributed by atoms with Crippen LogP contribution in [0.2, 0.25) is 0 Å². The third-order valence-corrected chi connectivity index (χ3v) is 3.27. The number of primary amides is 1. The summed E-state index contributed by atoms with van der Waals surface area (Å²) in [7, 11) is 0. The lowest BCUT2D eigenvalue weighted by molar-refractivity contribution is -0.122. The molecule has 0 aromatic carbocycles. The Hall–Kier alpha value is -1.78. The van der Waals surface area contributed by atoms with Crippen LogP contribution in [0.15, 0.2) is 18.3 Å². The minimum Gasteiger partial charge on any atom is -0.397 e. The molecule has 1 fully saturated rings. The first-order chi connectivity index (χ1) is 8.15. The van der Waals surface area contributed by atoms with Crippen molar-refractivity contribution in [3.8, 4) is 0 Å². The number of amides is 1. The topological polar surface area (TPSA) is 94.0 Å². The lowest BCUT2D eigenvalue weighted by Crippen LogP contribution is -2.32. The van der Waals surface area contributed by atoms with Crippen molar-refractivity contribution in [3.63, 3.8) is 0 Å². The van der Waals surface area contributed by atoms with Gasteiger partial charge in [0.05, 0.1) is 11.9 Å². The molecule has 17 heavy (non-hydrogen) atoms. The Balaban J connectivity index is 1.85. The number of aromatic nitrogens is 1. The lowest BCUT2D eigenvalue weighted by atomic mass is 9.85. The first-order valence-electron chi connectivity index (χ1n) is 5.92. The minimum atomic E-state index is -0.172. The quantitative estimate of drug-likeness (QED) is 0.730. The highest BCUT2D eigenvalue weighted by molar-refractivity contribution is 5.76. The first-order valence-corrected chi connectivity index (χ1v) is 5.92. The van der Waals surface area contributed by atoms with E-state index in [4.69, 9.17) is 11.5 Å². The summed E-state index contributed by atoms with van der Waals surface area (Å²) in [4.78, 5) is 15.2. The third kappa shape index (κ3) is 3.09. The average molecular weight is 234 g/mol. The number of hydrogen-bond donors (Lipinski definition) is 3. The molecule has 5 nitrogen and oxygen atoms in total. The van der Waals surface area contributed by atoms with Crippen molar-refractivity contribution >= 4 is 17.4 Å². The maximum Gasteiger partial charge on any atom is 0.220 e. The Kier molecular flexibility index (Phi) is 3.46. The third-order valence-electron chi connectivity index (χ3n) is 3.27. The van der Waals surface area contributed by atoms with Crippen molar-refractivity contribution < 1.29 is 4.79 Å². The molecular formula is C12H18N4O. The predicted molar refractivity (Wildman–Crippen MR) is 67.2 cm³/mol. The van der Waals surface area contributed by atoms with Crippen molar-refractivity contribution in [2.75, 3.05) is 11.1 Å². The minimum absolute atomic E-state index is 0.0485. The Morgan fingerprint density at radius 3 is 2.53 bits per heavy atom. The maximum absolute atomic E-state index is 11.0. The van der Waals surface area contributed by atoms with E-state index in [2.05, 4.69) is 10.3 Å². The van der Waals surface area contributed by atoms with Gasteiger partial charge in [-0.25, -0.2) is 4.98 Å². The van der Waals surface area contributed by atoms with Gasteiger partial charge >= 0.3 is 0 Å².